The quantitative estimate of drug-likeness (QED) is 0.734. The van der Waals surface area contributed by atoms with Gasteiger partial charge in [-0.25, -0.2) is 0 Å². The Kier molecular flexibility index (Phi) is 7.36. The lowest BCUT2D eigenvalue weighted by Crippen LogP contribution is -2.36. The van der Waals surface area contributed by atoms with Crippen molar-refractivity contribution in [1.29, 1.82) is 10.5 Å². The van der Waals surface area contributed by atoms with Gasteiger partial charge in [0.15, 0.2) is 0 Å². The van der Waals surface area contributed by atoms with Crippen molar-refractivity contribution in [2.24, 2.45) is 0 Å². The fraction of sp³-hybridized carbons (Fsp3) is 0.846. The summed E-state index contributed by atoms with van der Waals surface area (Å²) >= 11 is 0. The molecular formula is C13H23N5. The van der Waals surface area contributed by atoms with E-state index in [1.807, 2.05) is 0 Å². The number of nitrogens with one attached hydrogen (secondary N) is 1. The van der Waals surface area contributed by atoms with Gasteiger partial charge in [0.05, 0.1) is 18.6 Å². The van der Waals surface area contributed by atoms with E-state index in [1.54, 1.807) is 0 Å². The van der Waals surface area contributed by atoms with E-state index in [1.165, 1.54) is 19.5 Å². The van der Waals surface area contributed by atoms with Crippen LogP contribution in [-0.4, -0.2) is 62.2 Å². The SMILES string of the molecule is CN1CCCNCC1CC#N.N#CCCN1CC1. The molecule has 2 aliphatic rings. The van der Waals surface area contributed by atoms with Crippen LogP contribution in [0.5, 0.6) is 0 Å². The summed E-state index contributed by atoms with van der Waals surface area (Å²) in [6.07, 6.45) is 2.53. The number of hydrogen-bond donors (Lipinski definition) is 1. The van der Waals surface area contributed by atoms with Crippen LogP contribution in [0, 0.1) is 22.7 Å². The molecule has 2 saturated heterocycles. The Hall–Kier alpha value is -1.14. The van der Waals surface area contributed by atoms with Crippen LogP contribution in [0.2, 0.25) is 0 Å². The lowest BCUT2D eigenvalue weighted by molar-refractivity contribution is 0.261. The Bertz CT molecular complexity index is 299. The molecule has 0 spiro atoms. The zero-order chi connectivity index (χ0) is 13.2. The van der Waals surface area contributed by atoms with E-state index in [4.69, 9.17) is 10.5 Å². The summed E-state index contributed by atoms with van der Waals surface area (Å²) in [6, 6.07) is 4.73. The van der Waals surface area contributed by atoms with Crippen LogP contribution < -0.4 is 5.32 Å². The molecule has 1 N–H and O–H groups in total. The third kappa shape index (κ3) is 6.56. The fourth-order valence-electron chi connectivity index (χ4n) is 1.90. The molecule has 100 valence electrons. The number of likely N-dealkylation sites (N-methyl/N-ethyl adjacent to an activating group) is 1. The van der Waals surface area contributed by atoms with Crippen molar-refractivity contribution in [1.82, 2.24) is 15.1 Å². The summed E-state index contributed by atoms with van der Waals surface area (Å²) in [4.78, 5) is 4.51. The zero-order valence-electron chi connectivity index (χ0n) is 11.2. The molecule has 0 radical (unpaired) electrons. The molecule has 0 bridgehead atoms. The minimum atomic E-state index is 0.419. The van der Waals surface area contributed by atoms with Gasteiger partial charge in [-0.15, -0.1) is 0 Å². The molecule has 1 unspecified atom stereocenters. The smallest absolute Gasteiger partial charge is 0.0638 e. The molecule has 0 aromatic heterocycles. The van der Waals surface area contributed by atoms with E-state index in [0.29, 0.717) is 18.9 Å². The van der Waals surface area contributed by atoms with Gasteiger partial charge in [0.2, 0.25) is 0 Å². The number of rotatable bonds is 3. The normalized spacial score (nSPS) is 24.1. The van der Waals surface area contributed by atoms with Gasteiger partial charge >= 0.3 is 0 Å². The van der Waals surface area contributed by atoms with Crippen molar-refractivity contribution in [2.75, 3.05) is 46.3 Å². The van der Waals surface area contributed by atoms with Crippen LogP contribution in [0.15, 0.2) is 0 Å². The van der Waals surface area contributed by atoms with E-state index in [0.717, 1.165) is 26.2 Å². The monoisotopic (exact) mass is 249 g/mol. The summed E-state index contributed by atoms with van der Waals surface area (Å²) in [6.45, 7) is 6.57. The first-order valence-corrected chi connectivity index (χ1v) is 6.65. The molecular weight excluding hydrogens is 226 g/mol. The minimum Gasteiger partial charge on any atom is -0.315 e. The Morgan fingerprint density at radius 1 is 1.22 bits per heavy atom. The van der Waals surface area contributed by atoms with Crippen molar-refractivity contribution in [3.63, 3.8) is 0 Å². The Balaban J connectivity index is 0.000000199. The van der Waals surface area contributed by atoms with Gasteiger partial charge in [-0.1, -0.05) is 0 Å². The second-order valence-electron chi connectivity index (χ2n) is 4.80. The highest BCUT2D eigenvalue weighted by atomic mass is 15.2. The number of hydrogen-bond acceptors (Lipinski definition) is 5. The fourth-order valence-corrected chi connectivity index (χ4v) is 1.90. The van der Waals surface area contributed by atoms with Gasteiger partial charge in [-0.05, 0) is 26.6 Å². The first-order valence-electron chi connectivity index (χ1n) is 6.65. The average molecular weight is 249 g/mol. The maximum Gasteiger partial charge on any atom is 0.0638 e. The van der Waals surface area contributed by atoms with Gasteiger partial charge in [0, 0.05) is 38.6 Å². The van der Waals surface area contributed by atoms with Crippen LogP contribution >= 0.6 is 0 Å². The summed E-state index contributed by atoms with van der Waals surface area (Å²) < 4.78 is 0. The molecule has 2 fully saturated rings. The summed E-state index contributed by atoms with van der Waals surface area (Å²) in [7, 11) is 2.09. The van der Waals surface area contributed by atoms with Crippen LogP contribution in [0.3, 0.4) is 0 Å². The molecule has 0 saturated carbocycles. The van der Waals surface area contributed by atoms with Crippen molar-refractivity contribution >= 4 is 0 Å². The van der Waals surface area contributed by atoms with Crippen LogP contribution in [-0.2, 0) is 0 Å². The third-order valence-corrected chi connectivity index (χ3v) is 3.27. The van der Waals surface area contributed by atoms with Crippen molar-refractivity contribution in [3.05, 3.63) is 0 Å². The van der Waals surface area contributed by atoms with Crippen molar-refractivity contribution < 1.29 is 0 Å². The van der Waals surface area contributed by atoms with Gasteiger partial charge in [-0.3, -0.25) is 4.90 Å². The van der Waals surface area contributed by atoms with Crippen molar-refractivity contribution in [2.45, 2.75) is 25.3 Å². The highest BCUT2D eigenvalue weighted by Gasteiger charge is 2.16. The van der Waals surface area contributed by atoms with Crippen LogP contribution in [0.25, 0.3) is 0 Å². The van der Waals surface area contributed by atoms with E-state index in [9.17, 15) is 0 Å². The van der Waals surface area contributed by atoms with Gasteiger partial charge in [-0.2, -0.15) is 10.5 Å². The first-order chi connectivity index (χ1) is 8.77. The lowest BCUT2D eigenvalue weighted by atomic mass is 10.2. The highest BCUT2D eigenvalue weighted by Crippen LogP contribution is 2.03. The third-order valence-electron chi connectivity index (χ3n) is 3.27. The number of nitriles is 2. The molecule has 5 nitrogen and oxygen atoms in total. The molecule has 18 heavy (non-hydrogen) atoms. The zero-order valence-corrected chi connectivity index (χ0v) is 11.2. The predicted molar refractivity (Wildman–Crippen MR) is 70.8 cm³/mol. The summed E-state index contributed by atoms with van der Waals surface area (Å²) in [5.41, 5.74) is 0. The maximum absolute atomic E-state index is 8.52. The Morgan fingerprint density at radius 3 is 2.61 bits per heavy atom. The molecule has 5 heteroatoms. The van der Waals surface area contributed by atoms with Crippen LogP contribution in [0.1, 0.15) is 19.3 Å². The van der Waals surface area contributed by atoms with Gasteiger partial charge < -0.3 is 10.2 Å². The van der Waals surface area contributed by atoms with E-state index in [2.05, 4.69) is 34.3 Å². The molecule has 2 rings (SSSR count). The lowest BCUT2D eigenvalue weighted by Gasteiger charge is -2.22. The molecule has 1 atom stereocenters. The summed E-state index contributed by atoms with van der Waals surface area (Å²) in [5, 5.41) is 19.9. The van der Waals surface area contributed by atoms with Crippen LogP contribution in [0.4, 0.5) is 0 Å². The predicted octanol–water partition coefficient (Wildman–Crippen LogP) is 0.409. The minimum absolute atomic E-state index is 0.419. The van der Waals surface area contributed by atoms with Gasteiger partial charge in [0.25, 0.3) is 0 Å². The van der Waals surface area contributed by atoms with Gasteiger partial charge in [0.1, 0.15) is 0 Å². The second kappa shape index (κ2) is 8.88. The highest BCUT2D eigenvalue weighted by molar-refractivity contribution is 4.84. The topological polar surface area (TPSA) is 65.9 Å². The second-order valence-corrected chi connectivity index (χ2v) is 4.80. The van der Waals surface area contributed by atoms with E-state index in [-0.39, 0.29) is 0 Å². The molecule has 0 aromatic rings. The molecule has 2 aliphatic heterocycles. The summed E-state index contributed by atoms with van der Waals surface area (Å²) in [5.74, 6) is 0. The largest absolute Gasteiger partial charge is 0.315 e. The van der Waals surface area contributed by atoms with E-state index >= 15 is 0 Å². The standard InChI is InChI=1S/C8H15N3.C5H8N2/c1-11-6-2-5-10-7-8(11)3-4-9;6-2-1-3-7-4-5-7/h8,10H,2-3,5-7H2,1H3;1,3-5H2. The molecule has 0 amide bonds. The maximum atomic E-state index is 8.52. The first kappa shape index (κ1) is 14.9. The van der Waals surface area contributed by atoms with E-state index < -0.39 is 0 Å². The van der Waals surface area contributed by atoms with Crippen molar-refractivity contribution in [3.8, 4) is 12.1 Å². The molecule has 2 heterocycles. The number of nitrogens with zero attached hydrogens (tertiary/aromatic N) is 4. The Labute approximate surface area is 110 Å². The molecule has 0 aromatic carbocycles. The molecule has 0 aliphatic carbocycles. The average Bonchev–Trinajstić information content (AvgIpc) is 3.19. The Morgan fingerprint density at radius 2 is 2.00 bits per heavy atom.